The lowest BCUT2D eigenvalue weighted by atomic mass is 9.98. The van der Waals surface area contributed by atoms with E-state index in [2.05, 4.69) is 0 Å². The maximum atomic E-state index is 12.5. The average Bonchev–Trinajstić information content (AvgIpc) is 2.73. The lowest BCUT2D eigenvalue weighted by Gasteiger charge is -2.26. The normalized spacial score (nSPS) is 14.2. The summed E-state index contributed by atoms with van der Waals surface area (Å²) >= 11 is 0. The van der Waals surface area contributed by atoms with E-state index in [1.807, 2.05) is 0 Å². The van der Waals surface area contributed by atoms with Crippen molar-refractivity contribution in [3.63, 3.8) is 0 Å². The topological polar surface area (TPSA) is 90.0 Å². The number of amides is 2. The van der Waals surface area contributed by atoms with E-state index in [0.717, 1.165) is 4.90 Å². The lowest BCUT2D eigenvalue weighted by molar-refractivity contribution is -0.146. The fourth-order valence-electron chi connectivity index (χ4n) is 3.13. The number of methoxy groups -OCH3 is 1. The van der Waals surface area contributed by atoms with Crippen molar-refractivity contribution in [1.82, 2.24) is 4.90 Å². The Kier molecular flexibility index (Phi) is 6.07. The van der Waals surface area contributed by atoms with Crippen molar-refractivity contribution >= 4 is 23.6 Å². The molecule has 1 heterocycles. The van der Waals surface area contributed by atoms with Crippen molar-refractivity contribution in [2.24, 2.45) is 0 Å². The Morgan fingerprint density at radius 2 is 1.76 bits per heavy atom. The second kappa shape index (κ2) is 8.68. The SMILES string of the molecule is COc1ccc(C(=O)[C@@H](C)OC(=O)CCN2C(=O)Cc3ccccc3C2=O)cc1. The maximum absolute atomic E-state index is 12.5. The molecule has 0 unspecified atom stereocenters. The molecule has 150 valence electrons. The van der Waals surface area contributed by atoms with Gasteiger partial charge >= 0.3 is 5.97 Å². The van der Waals surface area contributed by atoms with Gasteiger partial charge in [0.05, 0.1) is 20.0 Å². The molecule has 0 aliphatic carbocycles. The molecule has 0 N–H and O–H groups in total. The Labute approximate surface area is 168 Å². The summed E-state index contributed by atoms with van der Waals surface area (Å²) in [6.07, 6.45) is -1.05. The van der Waals surface area contributed by atoms with E-state index >= 15 is 0 Å². The monoisotopic (exact) mass is 395 g/mol. The molecule has 3 rings (SSSR count). The second-order valence-corrected chi connectivity index (χ2v) is 6.66. The predicted octanol–water partition coefficient (Wildman–Crippen LogP) is 2.42. The number of carbonyl (C=O) groups excluding carboxylic acids is 4. The fraction of sp³-hybridized carbons (Fsp3) is 0.273. The third-order valence-electron chi connectivity index (χ3n) is 4.73. The van der Waals surface area contributed by atoms with Crippen LogP contribution < -0.4 is 4.74 Å². The molecule has 0 saturated carbocycles. The quantitative estimate of drug-likeness (QED) is 0.406. The molecule has 0 bridgehead atoms. The van der Waals surface area contributed by atoms with Gasteiger partial charge in [0.1, 0.15) is 5.75 Å². The first kappa shape index (κ1) is 20.3. The van der Waals surface area contributed by atoms with E-state index in [9.17, 15) is 19.2 Å². The minimum atomic E-state index is -0.982. The van der Waals surface area contributed by atoms with Crippen LogP contribution in [0, 0.1) is 0 Å². The van der Waals surface area contributed by atoms with Crippen molar-refractivity contribution in [3.05, 3.63) is 65.2 Å². The highest BCUT2D eigenvalue weighted by molar-refractivity contribution is 6.09. The third kappa shape index (κ3) is 4.51. The number of carbonyl (C=O) groups is 4. The molecule has 0 radical (unpaired) electrons. The van der Waals surface area contributed by atoms with Gasteiger partial charge < -0.3 is 9.47 Å². The molecule has 0 saturated heterocycles. The zero-order valence-corrected chi connectivity index (χ0v) is 16.2. The zero-order valence-electron chi connectivity index (χ0n) is 16.2. The second-order valence-electron chi connectivity index (χ2n) is 6.66. The number of ketones is 1. The van der Waals surface area contributed by atoms with Crippen LogP contribution in [-0.2, 0) is 20.7 Å². The van der Waals surface area contributed by atoms with Gasteiger partial charge in [0.2, 0.25) is 11.7 Å². The van der Waals surface area contributed by atoms with E-state index in [-0.39, 0.29) is 31.1 Å². The maximum Gasteiger partial charge on any atom is 0.308 e. The van der Waals surface area contributed by atoms with Gasteiger partial charge in [0.25, 0.3) is 5.91 Å². The minimum Gasteiger partial charge on any atom is -0.497 e. The van der Waals surface area contributed by atoms with Crippen LogP contribution in [0.5, 0.6) is 5.75 Å². The number of Topliss-reactive ketones (excluding diaryl/α,β-unsaturated/α-hetero) is 1. The Bertz CT molecular complexity index is 950. The van der Waals surface area contributed by atoms with Crippen LogP contribution in [0.15, 0.2) is 48.5 Å². The van der Waals surface area contributed by atoms with Crippen molar-refractivity contribution < 1.29 is 28.7 Å². The first-order valence-electron chi connectivity index (χ1n) is 9.21. The van der Waals surface area contributed by atoms with Crippen molar-refractivity contribution in [2.75, 3.05) is 13.7 Å². The Hall–Kier alpha value is -3.48. The Morgan fingerprint density at radius 3 is 2.45 bits per heavy atom. The summed E-state index contributed by atoms with van der Waals surface area (Å²) in [6.45, 7) is 1.40. The highest BCUT2D eigenvalue weighted by Gasteiger charge is 2.31. The summed E-state index contributed by atoms with van der Waals surface area (Å²) in [6, 6.07) is 13.4. The van der Waals surface area contributed by atoms with E-state index in [1.54, 1.807) is 48.5 Å². The molecule has 2 aromatic rings. The summed E-state index contributed by atoms with van der Waals surface area (Å²) in [5.41, 5.74) is 1.53. The third-order valence-corrected chi connectivity index (χ3v) is 4.73. The first-order valence-corrected chi connectivity index (χ1v) is 9.21. The van der Waals surface area contributed by atoms with Gasteiger partial charge in [0.15, 0.2) is 6.10 Å². The van der Waals surface area contributed by atoms with Gasteiger partial charge in [-0.3, -0.25) is 24.1 Å². The summed E-state index contributed by atoms with van der Waals surface area (Å²) in [5, 5.41) is 0. The number of esters is 1. The van der Waals surface area contributed by atoms with Gasteiger partial charge in [-0.1, -0.05) is 18.2 Å². The Morgan fingerprint density at radius 1 is 1.07 bits per heavy atom. The summed E-state index contributed by atoms with van der Waals surface area (Å²) in [5.74, 6) is -1.17. The molecule has 7 nitrogen and oxygen atoms in total. The summed E-state index contributed by atoms with van der Waals surface area (Å²) < 4.78 is 10.2. The van der Waals surface area contributed by atoms with Crippen LogP contribution in [0.2, 0.25) is 0 Å². The molecule has 1 atom stereocenters. The van der Waals surface area contributed by atoms with Crippen molar-refractivity contribution in [1.29, 1.82) is 0 Å². The van der Waals surface area contributed by atoms with Crippen LogP contribution in [0.4, 0.5) is 0 Å². The van der Waals surface area contributed by atoms with Gasteiger partial charge in [-0.25, -0.2) is 0 Å². The smallest absolute Gasteiger partial charge is 0.308 e. The molecule has 1 aliphatic heterocycles. The molecule has 2 amide bonds. The number of rotatable bonds is 7. The molecule has 1 aliphatic rings. The molecule has 0 spiro atoms. The molecule has 7 heteroatoms. The van der Waals surface area contributed by atoms with Crippen LogP contribution in [0.3, 0.4) is 0 Å². The van der Waals surface area contributed by atoms with Gasteiger partial charge in [-0.15, -0.1) is 0 Å². The zero-order chi connectivity index (χ0) is 21.0. The number of fused-ring (bicyclic) bond motifs is 1. The molecule has 29 heavy (non-hydrogen) atoms. The number of nitrogens with zero attached hydrogens (tertiary/aromatic N) is 1. The van der Waals surface area contributed by atoms with Crippen LogP contribution >= 0.6 is 0 Å². The summed E-state index contributed by atoms with van der Waals surface area (Å²) in [4.78, 5) is 50.3. The van der Waals surface area contributed by atoms with E-state index < -0.39 is 18.0 Å². The summed E-state index contributed by atoms with van der Waals surface area (Å²) in [7, 11) is 1.53. The number of hydrogen-bond acceptors (Lipinski definition) is 6. The van der Waals surface area contributed by atoms with Gasteiger partial charge in [-0.05, 0) is 42.8 Å². The molecular weight excluding hydrogens is 374 g/mol. The van der Waals surface area contributed by atoms with Crippen molar-refractivity contribution in [3.8, 4) is 5.75 Å². The standard InChI is InChI=1S/C22H21NO6/c1-14(21(26)15-7-9-17(28-2)10-8-15)29-20(25)11-12-23-19(24)13-16-5-3-4-6-18(16)22(23)27/h3-10,14H,11-13H2,1-2H3/t14-/m1/s1. The molecule has 2 aromatic carbocycles. The van der Waals surface area contributed by atoms with E-state index in [1.165, 1.54) is 14.0 Å². The number of imide groups is 1. The first-order chi connectivity index (χ1) is 13.9. The highest BCUT2D eigenvalue weighted by atomic mass is 16.5. The van der Waals surface area contributed by atoms with Gasteiger partial charge in [0, 0.05) is 17.7 Å². The van der Waals surface area contributed by atoms with E-state index in [4.69, 9.17) is 9.47 Å². The lowest BCUT2D eigenvalue weighted by Crippen LogP contribution is -2.43. The minimum absolute atomic E-state index is 0.0890. The largest absolute Gasteiger partial charge is 0.497 e. The molecular formula is C22H21NO6. The predicted molar refractivity (Wildman–Crippen MR) is 104 cm³/mol. The number of benzene rings is 2. The van der Waals surface area contributed by atoms with E-state index in [0.29, 0.717) is 22.4 Å². The van der Waals surface area contributed by atoms with Gasteiger partial charge in [-0.2, -0.15) is 0 Å². The number of hydrogen-bond donors (Lipinski definition) is 0. The average molecular weight is 395 g/mol. The fourth-order valence-corrected chi connectivity index (χ4v) is 3.13. The highest BCUT2D eigenvalue weighted by Crippen LogP contribution is 2.20. The van der Waals surface area contributed by atoms with Crippen LogP contribution in [-0.4, -0.2) is 48.2 Å². The van der Waals surface area contributed by atoms with Crippen LogP contribution in [0.1, 0.15) is 39.6 Å². The molecule has 0 aromatic heterocycles. The van der Waals surface area contributed by atoms with Crippen LogP contribution in [0.25, 0.3) is 0 Å². The number of ether oxygens (including phenoxy) is 2. The van der Waals surface area contributed by atoms with Crippen molar-refractivity contribution in [2.45, 2.75) is 25.9 Å². The molecule has 0 fully saturated rings. The Balaban J connectivity index is 1.56.